The molecule has 5 nitrogen and oxygen atoms in total. The maximum atomic E-state index is 11.9. The third kappa shape index (κ3) is 5.72. The zero-order chi connectivity index (χ0) is 14.1. The number of nitrogens with zero attached hydrogens (tertiary/aromatic N) is 1. The van der Waals surface area contributed by atoms with Crippen LogP contribution in [-0.4, -0.2) is 53.5 Å². The van der Waals surface area contributed by atoms with Crippen LogP contribution < -0.4 is 5.32 Å². The maximum absolute atomic E-state index is 11.9. The zero-order valence-electron chi connectivity index (χ0n) is 11.0. The Hall–Kier alpha value is -1.59. The molecule has 19 heavy (non-hydrogen) atoms. The number of urea groups is 1. The average Bonchev–Trinajstić information content (AvgIpc) is 2.39. The topological polar surface area (TPSA) is 72.8 Å². The number of hydrogen-bond donors (Lipinski definition) is 3. The van der Waals surface area contributed by atoms with Crippen molar-refractivity contribution in [1.29, 1.82) is 0 Å². The molecule has 1 rings (SSSR count). The number of benzene rings is 1. The van der Waals surface area contributed by atoms with Crippen LogP contribution in [0.15, 0.2) is 30.3 Å². The lowest BCUT2D eigenvalue weighted by atomic mass is 10.1. The number of carbonyl (C=O) groups is 1. The van der Waals surface area contributed by atoms with E-state index in [1.807, 2.05) is 30.3 Å². The van der Waals surface area contributed by atoms with E-state index in [0.717, 1.165) is 5.56 Å². The molecule has 0 saturated carbocycles. The van der Waals surface area contributed by atoms with Crippen molar-refractivity contribution in [1.82, 2.24) is 10.2 Å². The van der Waals surface area contributed by atoms with Gasteiger partial charge in [0.15, 0.2) is 0 Å². The molecule has 0 fully saturated rings. The predicted octanol–water partition coefficient (Wildman–Crippen LogP) is 0.428. The Labute approximate surface area is 113 Å². The van der Waals surface area contributed by atoms with Gasteiger partial charge < -0.3 is 20.4 Å². The molecule has 0 unspecified atom stereocenters. The second-order valence-electron chi connectivity index (χ2n) is 4.27. The minimum Gasteiger partial charge on any atom is -0.395 e. The van der Waals surface area contributed by atoms with E-state index < -0.39 is 0 Å². The van der Waals surface area contributed by atoms with Gasteiger partial charge in [0.05, 0.1) is 13.2 Å². The van der Waals surface area contributed by atoms with E-state index in [9.17, 15) is 4.79 Å². The number of aliphatic hydroxyl groups is 2. The molecule has 1 aromatic carbocycles. The first-order chi connectivity index (χ1) is 9.17. The summed E-state index contributed by atoms with van der Waals surface area (Å²) >= 11 is 0. The molecule has 2 amide bonds. The number of nitrogens with one attached hydrogen (secondary N) is 1. The quantitative estimate of drug-likeness (QED) is 0.669. The minimum atomic E-state index is -0.320. The van der Waals surface area contributed by atoms with Crippen molar-refractivity contribution in [3.05, 3.63) is 42.8 Å². The van der Waals surface area contributed by atoms with Gasteiger partial charge in [0.1, 0.15) is 0 Å². The van der Waals surface area contributed by atoms with E-state index >= 15 is 0 Å². The Balaban J connectivity index is 2.45. The first kappa shape index (κ1) is 15.5. The van der Waals surface area contributed by atoms with Crippen molar-refractivity contribution < 1.29 is 15.0 Å². The number of rotatable bonds is 7. The van der Waals surface area contributed by atoms with E-state index in [1.54, 1.807) is 0 Å². The molecule has 3 N–H and O–H groups in total. The number of hydrogen-bond acceptors (Lipinski definition) is 3. The molecule has 1 atom stereocenters. The van der Waals surface area contributed by atoms with Gasteiger partial charge in [-0.25, -0.2) is 4.79 Å². The van der Waals surface area contributed by atoms with Crippen molar-refractivity contribution in [3.63, 3.8) is 0 Å². The molecular weight excluding hydrogens is 244 g/mol. The molecule has 0 aliphatic carbocycles. The fraction of sp³-hybridized carbons (Fsp3) is 0.429. The molecule has 0 aliphatic rings. The maximum Gasteiger partial charge on any atom is 0.317 e. The Morgan fingerprint density at radius 2 is 1.79 bits per heavy atom. The van der Waals surface area contributed by atoms with Gasteiger partial charge in [0, 0.05) is 19.1 Å². The molecule has 1 radical (unpaired) electrons. The monoisotopic (exact) mass is 265 g/mol. The number of amides is 2. The van der Waals surface area contributed by atoms with Crippen LogP contribution in [0.3, 0.4) is 0 Å². The van der Waals surface area contributed by atoms with Crippen LogP contribution in [0.2, 0.25) is 0 Å². The smallest absolute Gasteiger partial charge is 0.317 e. The number of carbonyl (C=O) groups excluding carboxylic acids is 1. The summed E-state index contributed by atoms with van der Waals surface area (Å²) in [6.07, 6.45) is 0.638. The summed E-state index contributed by atoms with van der Waals surface area (Å²) in [5.41, 5.74) is 1.10. The summed E-state index contributed by atoms with van der Waals surface area (Å²) in [4.78, 5) is 13.2. The standard InChI is InChI=1S/C14H21N2O3/c1-12(11-13-5-3-2-4-6-13)15-14(19)16(7-9-17)8-10-18/h2-6,12,17-18H,1,7-11H2,(H,15,19)/t12-/m0/s1. The molecular formula is C14H21N2O3. The van der Waals surface area contributed by atoms with Crippen LogP contribution in [0.5, 0.6) is 0 Å². The molecule has 0 spiro atoms. The molecule has 0 aliphatic heterocycles. The highest BCUT2D eigenvalue weighted by Gasteiger charge is 2.14. The summed E-state index contributed by atoms with van der Waals surface area (Å²) in [6, 6.07) is 9.19. The van der Waals surface area contributed by atoms with Crippen LogP contribution in [0.25, 0.3) is 0 Å². The van der Waals surface area contributed by atoms with Crippen molar-refractivity contribution in [2.45, 2.75) is 12.5 Å². The molecule has 0 bridgehead atoms. The largest absolute Gasteiger partial charge is 0.395 e. The molecule has 105 valence electrons. The predicted molar refractivity (Wildman–Crippen MR) is 73.6 cm³/mol. The minimum absolute atomic E-state index is 0.131. The van der Waals surface area contributed by atoms with Gasteiger partial charge in [-0.05, 0) is 18.9 Å². The summed E-state index contributed by atoms with van der Waals surface area (Å²) in [5.74, 6) is 0. The van der Waals surface area contributed by atoms with E-state index in [1.165, 1.54) is 4.90 Å². The van der Waals surface area contributed by atoms with Crippen molar-refractivity contribution in [2.24, 2.45) is 0 Å². The lowest BCUT2D eigenvalue weighted by molar-refractivity contribution is 0.157. The highest BCUT2D eigenvalue weighted by molar-refractivity contribution is 5.74. The second-order valence-corrected chi connectivity index (χ2v) is 4.27. The highest BCUT2D eigenvalue weighted by atomic mass is 16.3. The first-order valence-corrected chi connectivity index (χ1v) is 6.31. The van der Waals surface area contributed by atoms with E-state index in [0.29, 0.717) is 6.42 Å². The normalized spacial score (nSPS) is 11.9. The summed E-state index contributed by atoms with van der Waals surface area (Å²) in [5, 5.41) is 20.5. The summed E-state index contributed by atoms with van der Waals surface area (Å²) in [7, 11) is 0. The molecule has 0 heterocycles. The molecule has 0 aromatic heterocycles. The summed E-state index contributed by atoms with van der Waals surface area (Å²) < 4.78 is 0. The van der Waals surface area contributed by atoms with Gasteiger partial charge >= 0.3 is 6.03 Å². The first-order valence-electron chi connectivity index (χ1n) is 6.31. The van der Waals surface area contributed by atoms with E-state index in [-0.39, 0.29) is 38.4 Å². The Morgan fingerprint density at radius 1 is 1.21 bits per heavy atom. The SMILES string of the molecule is [CH2][C@@H](Cc1ccccc1)NC(=O)N(CCO)CCO. The fourth-order valence-corrected chi connectivity index (χ4v) is 1.77. The van der Waals surface area contributed by atoms with E-state index in [4.69, 9.17) is 10.2 Å². The highest BCUT2D eigenvalue weighted by Crippen LogP contribution is 2.03. The lowest BCUT2D eigenvalue weighted by Gasteiger charge is -2.23. The van der Waals surface area contributed by atoms with Crippen LogP contribution in [0, 0.1) is 6.92 Å². The summed E-state index contributed by atoms with van der Waals surface area (Å²) in [6.45, 7) is 4.03. The van der Waals surface area contributed by atoms with Gasteiger partial charge in [-0.1, -0.05) is 30.3 Å². The van der Waals surface area contributed by atoms with Crippen LogP contribution in [0.1, 0.15) is 5.56 Å². The Kier molecular flexibility index (Phi) is 6.92. The van der Waals surface area contributed by atoms with Crippen LogP contribution in [-0.2, 0) is 6.42 Å². The van der Waals surface area contributed by atoms with Crippen molar-refractivity contribution >= 4 is 6.03 Å². The van der Waals surface area contributed by atoms with Gasteiger partial charge in [-0.2, -0.15) is 0 Å². The molecule has 5 heteroatoms. The third-order valence-corrected chi connectivity index (χ3v) is 2.68. The van der Waals surface area contributed by atoms with Crippen molar-refractivity contribution in [3.8, 4) is 0 Å². The van der Waals surface area contributed by atoms with Gasteiger partial charge in [-0.3, -0.25) is 0 Å². The average molecular weight is 265 g/mol. The lowest BCUT2D eigenvalue weighted by Crippen LogP contribution is -2.46. The van der Waals surface area contributed by atoms with Gasteiger partial charge in [0.25, 0.3) is 0 Å². The van der Waals surface area contributed by atoms with Crippen LogP contribution >= 0.6 is 0 Å². The Bertz CT molecular complexity index is 364. The second kappa shape index (κ2) is 8.50. The van der Waals surface area contributed by atoms with Gasteiger partial charge in [-0.15, -0.1) is 0 Å². The van der Waals surface area contributed by atoms with Gasteiger partial charge in [0.2, 0.25) is 0 Å². The van der Waals surface area contributed by atoms with E-state index in [2.05, 4.69) is 12.2 Å². The number of aliphatic hydroxyl groups excluding tert-OH is 2. The molecule has 1 aromatic rings. The fourth-order valence-electron chi connectivity index (χ4n) is 1.77. The van der Waals surface area contributed by atoms with Crippen LogP contribution in [0.4, 0.5) is 4.79 Å². The molecule has 0 saturated heterocycles. The Morgan fingerprint density at radius 3 is 2.32 bits per heavy atom. The third-order valence-electron chi connectivity index (χ3n) is 2.68. The zero-order valence-corrected chi connectivity index (χ0v) is 11.0. The van der Waals surface area contributed by atoms with Crippen molar-refractivity contribution in [2.75, 3.05) is 26.3 Å².